The molecule has 0 unspecified atom stereocenters. The minimum Gasteiger partial charge on any atom is -0.386 e. The molecule has 0 saturated heterocycles. The zero-order valence-corrected chi connectivity index (χ0v) is 12.4. The van der Waals surface area contributed by atoms with Gasteiger partial charge in [0.2, 0.25) is 0 Å². The molecule has 3 heteroatoms. The number of rotatable bonds is 3. The van der Waals surface area contributed by atoms with E-state index < -0.39 is 13.7 Å². The van der Waals surface area contributed by atoms with E-state index >= 15 is 0 Å². The third kappa shape index (κ3) is 3.30. The molecule has 1 aliphatic carbocycles. The Hall–Kier alpha value is -0.933. The summed E-state index contributed by atoms with van der Waals surface area (Å²) in [6.45, 7) is 4.55. The molecule has 1 aromatic rings. The normalized spacial score (nSPS) is 20.2. The van der Waals surface area contributed by atoms with E-state index in [1.165, 1.54) is 11.7 Å². The third-order valence-corrected chi connectivity index (χ3v) is 6.47. The molecule has 0 spiro atoms. The van der Waals surface area contributed by atoms with E-state index in [9.17, 15) is 5.11 Å². The van der Waals surface area contributed by atoms with E-state index in [-0.39, 0.29) is 0 Å². The van der Waals surface area contributed by atoms with Crippen LogP contribution in [0.2, 0.25) is 13.1 Å². The lowest BCUT2D eigenvalue weighted by Crippen LogP contribution is -2.42. The Morgan fingerprint density at radius 1 is 1.22 bits per heavy atom. The quantitative estimate of drug-likeness (QED) is 0.849. The Kier molecular flexibility index (Phi) is 4.03. The zero-order valence-electron chi connectivity index (χ0n) is 11.4. The molecular weight excluding hydrogens is 238 g/mol. The topological polar surface area (TPSA) is 33.1 Å². The molecule has 0 amide bonds. The van der Waals surface area contributed by atoms with Gasteiger partial charge < -0.3 is 5.11 Å². The first-order valence-electron chi connectivity index (χ1n) is 6.86. The maximum absolute atomic E-state index is 10.5. The van der Waals surface area contributed by atoms with Gasteiger partial charge in [-0.3, -0.25) is 4.98 Å². The molecule has 2 nitrogen and oxygen atoms in total. The number of nitrogens with zero attached hydrogens (tertiary/aromatic N) is 1. The van der Waals surface area contributed by atoms with E-state index in [4.69, 9.17) is 0 Å². The van der Waals surface area contributed by atoms with Crippen LogP contribution in [-0.2, 0) is 0 Å². The molecule has 1 heterocycles. The van der Waals surface area contributed by atoms with Gasteiger partial charge in [-0.05, 0) is 25.0 Å². The van der Waals surface area contributed by atoms with Crippen LogP contribution in [0, 0.1) is 0 Å². The molecule has 1 aliphatic rings. The van der Waals surface area contributed by atoms with Gasteiger partial charge in [-0.1, -0.05) is 50.2 Å². The smallest absolute Gasteiger partial charge is 0.127 e. The lowest BCUT2D eigenvalue weighted by molar-refractivity contribution is 0.0514. The summed E-state index contributed by atoms with van der Waals surface area (Å²) in [7, 11) is -1.66. The van der Waals surface area contributed by atoms with E-state index in [1.807, 2.05) is 18.3 Å². The van der Waals surface area contributed by atoms with Gasteiger partial charge in [-0.15, -0.1) is 0 Å². The van der Waals surface area contributed by atoms with Crippen LogP contribution < -0.4 is 5.32 Å². The van der Waals surface area contributed by atoms with Crippen molar-refractivity contribution in [3.05, 3.63) is 36.2 Å². The van der Waals surface area contributed by atoms with Crippen LogP contribution >= 0.6 is 0 Å². The average molecular weight is 261 g/mol. The van der Waals surface area contributed by atoms with E-state index in [0.29, 0.717) is 0 Å². The van der Waals surface area contributed by atoms with Crippen LogP contribution in [0.5, 0.6) is 0 Å². The number of aliphatic hydroxyl groups is 1. The van der Waals surface area contributed by atoms with Gasteiger partial charge >= 0.3 is 0 Å². The highest BCUT2D eigenvalue weighted by Gasteiger charge is 2.28. The predicted octanol–water partition coefficient (Wildman–Crippen LogP) is 2.79. The van der Waals surface area contributed by atoms with Crippen LogP contribution in [-0.4, -0.2) is 23.8 Å². The Bertz CT molecular complexity index is 408. The van der Waals surface area contributed by atoms with Crippen LogP contribution in [0.1, 0.15) is 32.1 Å². The number of hydrogen-bond donors (Lipinski definition) is 1. The van der Waals surface area contributed by atoms with Crippen molar-refractivity contribution >= 4 is 13.4 Å². The second-order valence-electron chi connectivity index (χ2n) is 5.93. The standard InChI is InChI=1S/C15H23NOSi/c1-18(2,14-8-4-7-12-16-14)13-11-15(17)9-5-3-6-10-15/h4,7-8,11-13,17H,3,5-6,9-10H2,1-2H3/b13-11+. The maximum atomic E-state index is 10.5. The van der Waals surface area contributed by atoms with Gasteiger partial charge in [0.1, 0.15) is 8.07 Å². The number of pyridine rings is 1. The zero-order chi connectivity index (χ0) is 13.1. The summed E-state index contributed by atoms with van der Waals surface area (Å²) >= 11 is 0. The predicted molar refractivity (Wildman–Crippen MR) is 78.5 cm³/mol. The van der Waals surface area contributed by atoms with Crippen LogP contribution in [0.15, 0.2) is 36.2 Å². The number of aromatic nitrogens is 1. The van der Waals surface area contributed by atoms with Crippen molar-refractivity contribution < 1.29 is 5.11 Å². The van der Waals surface area contributed by atoms with Crippen molar-refractivity contribution in [3.8, 4) is 0 Å². The fourth-order valence-electron chi connectivity index (χ4n) is 2.52. The molecule has 1 saturated carbocycles. The fraction of sp³-hybridized carbons (Fsp3) is 0.533. The minimum absolute atomic E-state index is 0.558. The van der Waals surface area contributed by atoms with E-state index in [1.54, 1.807) is 0 Å². The minimum atomic E-state index is -1.66. The largest absolute Gasteiger partial charge is 0.386 e. The van der Waals surface area contributed by atoms with Crippen LogP contribution in [0.25, 0.3) is 0 Å². The van der Waals surface area contributed by atoms with Crippen molar-refractivity contribution in [1.29, 1.82) is 0 Å². The highest BCUT2D eigenvalue weighted by atomic mass is 28.3. The van der Waals surface area contributed by atoms with Crippen molar-refractivity contribution in [2.75, 3.05) is 0 Å². The second-order valence-corrected chi connectivity index (χ2v) is 10.2. The van der Waals surface area contributed by atoms with E-state index in [0.717, 1.165) is 25.7 Å². The molecule has 0 bridgehead atoms. The summed E-state index contributed by atoms with van der Waals surface area (Å²) in [6.07, 6.45) is 9.29. The van der Waals surface area contributed by atoms with Crippen LogP contribution in [0.3, 0.4) is 0 Å². The molecule has 1 fully saturated rings. The Morgan fingerprint density at radius 3 is 2.56 bits per heavy atom. The van der Waals surface area contributed by atoms with Gasteiger partial charge in [0.05, 0.1) is 5.60 Å². The lowest BCUT2D eigenvalue weighted by atomic mass is 9.85. The molecule has 2 rings (SSSR count). The molecule has 0 aromatic carbocycles. The SMILES string of the molecule is C[Si](C)(/C=C/C1(O)CCCCC1)c1ccccn1. The number of hydrogen-bond acceptors (Lipinski definition) is 2. The van der Waals surface area contributed by atoms with Gasteiger partial charge in [0.25, 0.3) is 0 Å². The van der Waals surface area contributed by atoms with Crippen LogP contribution in [0.4, 0.5) is 0 Å². The third-order valence-electron chi connectivity index (χ3n) is 3.85. The Balaban J connectivity index is 2.12. The lowest BCUT2D eigenvalue weighted by Gasteiger charge is -2.30. The van der Waals surface area contributed by atoms with Crippen molar-refractivity contribution in [1.82, 2.24) is 4.98 Å². The molecular formula is C15H23NOSi. The summed E-state index contributed by atoms with van der Waals surface area (Å²) in [5, 5.41) is 11.7. The Morgan fingerprint density at radius 2 is 1.94 bits per heavy atom. The molecule has 0 radical (unpaired) electrons. The van der Waals surface area contributed by atoms with Gasteiger partial charge in [-0.25, -0.2) is 0 Å². The highest BCUT2D eigenvalue weighted by Crippen LogP contribution is 2.29. The van der Waals surface area contributed by atoms with E-state index in [2.05, 4.69) is 35.9 Å². The monoisotopic (exact) mass is 261 g/mol. The first-order valence-corrected chi connectivity index (χ1v) is 9.94. The molecule has 0 atom stereocenters. The first kappa shape index (κ1) is 13.5. The summed E-state index contributed by atoms with van der Waals surface area (Å²) in [4.78, 5) is 4.47. The highest BCUT2D eigenvalue weighted by molar-refractivity contribution is 6.93. The summed E-state index contributed by atoms with van der Waals surface area (Å²) in [5.41, 5.74) is 1.69. The molecule has 0 aliphatic heterocycles. The van der Waals surface area contributed by atoms with Crippen molar-refractivity contribution in [2.45, 2.75) is 50.8 Å². The van der Waals surface area contributed by atoms with Gasteiger partial charge in [0.15, 0.2) is 0 Å². The summed E-state index contributed by atoms with van der Waals surface area (Å²) < 4.78 is 0. The molecule has 18 heavy (non-hydrogen) atoms. The second kappa shape index (κ2) is 5.37. The molecule has 1 aromatic heterocycles. The fourth-order valence-corrected chi connectivity index (χ4v) is 4.35. The summed E-state index contributed by atoms with van der Waals surface area (Å²) in [5.74, 6) is 0. The van der Waals surface area contributed by atoms with Gasteiger partial charge in [-0.2, -0.15) is 0 Å². The molecule has 1 N–H and O–H groups in total. The first-order chi connectivity index (χ1) is 8.52. The summed E-state index contributed by atoms with van der Waals surface area (Å²) in [6, 6.07) is 6.09. The van der Waals surface area contributed by atoms with Gasteiger partial charge in [0, 0.05) is 11.5 Å². The maximum Gasteiger partial charge on any atom is 0.127 e. The average Bonchev–Trinajstić information content (AvgIpc) is 2.39. The van der Waals surface area contributed by atoms with Crippen molar-refractivity contribution in [2.24, 2.45) is 0 Å². The van der Waals surface area contributed by atoms with Crippen molar-refractivity contribution in [3.63, 3.8) is 0 Å². The Labute approximate surface area is 111 Å². The molecule has 98 valence electrons.